The fourth-order valence-electron chi connectivity index (χ4n) is 5.98. The Morgan fingerprint density at radius 1 is 0.510 bits per heavy atom. The van der Waals surface area contributed by atoms with Crippen LogP contribution < -0.4 is 0 Å². The van der Waals surface area contributed by atoms with Gasteiger partial charge in [0.05, 0.1) is 11.0 Å². The van der Waals surface area contributed by atoms with Crippen LogP contribution >= 0.6 is 34.5 Å². The van der Waals surface area contributed by atoms with Gasteiger partial charge in [0.1, 0.15) is 0 Å². The van der Waals surface area contributed by atoms with Crippen LogP contribution in [0.4, 0.5) is 0 Å². The topological polar surface area (TPSA) is 4.93 Å². The zero-order valence-corrected chi connectivity index (χ0v) is 31.9. The lowest BCUT2D eigenvalue weighted by Crippen LogP contribution is -1.94. The van der Waals surface area contributed by atoms with Crippen molar-refractivity contribution in [2.24, 2.45) is 0 Å². The van der Waals surface area contributed by atoms with E-state index < -0.39 is 0 Å². The van der Waals surface area contributed by atoms with Crippen molar-refractivity contribution in [2.75, 3.05) is 5.88 Å². The van der Waals surface area contributed by atoms with Gasteiger partial charge in [-0.15, -0.1) is 29.5 Å². The molecular weight excluding hydrogens is 681 g/mol. The molecule has 0 atom stereocenters. The average Bonchev–Trinajstić information content (AvgIpc) is 3.84. The standard InChI is InChI=1S/C40H26ClNS.C3H5Cl.2C2H6/c41-33-18-14-28(15-19-33)31-17-21-38-36(26-31)35-25-30(27-8-3-1-4-9-27)16-20-37(35)42(38)34-13-7-12-32(24-34)40-23-22-39(43-40)29-10-5-2-6-11-29;1-2-3-4;2*1-2/h1-26H;2H,1,3H2;2*1-2H3. The van der Waals surface area contributed by atoms with Crippen LogP contribution in [-0.4, -0.2) is 10.4 Å². The lowest BCUT2D eigenvalue weighted by molar-refractivity contribution is 1.18. The van der Waals surface area contributed by atoms with Crippen LogP contribution in [0.2, 0.25) is 5.02 Å². The molecule has 0 amide bonds. The molecule has 0 unspecified atom stereocenters. The first-order valence-corrected chi connectivity index (χ1v) is 19.2. The molecule has 0 fully saturated rings. The first-order chi connectivity index (χ1) is 25.1. The highest BCUT2D eigenvalue weighted by Crippen LogP contribution is 2.39. The van der Waals surface area contributed by atoms with E-state index in [9.17, 15) is 0 Å². The largest absolute Gasteiger partial charge is 0.309 e. The maximum Gasteiger partial charge on any atom is 0.0541 e. The first-order valence-electron chi connectivity index (χ1n) is 17.5. The first kappa shape index (κ1) is 37.4. The molecule has 0 spiro atoms. The van der Waals surface area contributed by atoms with E-state index in [-0.39, 0.29) is 0 Å². The third-order valence-corrected chi connectivity index (χ3v) is 9.87. The lowest BCUT2D eigenvalue weighted by atomic mass is 10.0. The summed E-state index contributed by atoms with van der Waals surface area (Å²) in [5.41, 5.74) is 10.8. The predicted octanol–water partition coefficient (Wildman–Crippen LogP) is 15.6. The molecule has 2 heterocycles. The van der Waals surface area contributed by atoms with Crippen molar-refractivity contribution in [1.82, 2.24) is 4.57 Å². The van der Waals surface area contributed by atoms with E-state index in [2.05, 4.69) is 157 Å². The number of hydrogen-bond acceptors (Lipinski definition) is 1. The molecule has 2 aromatic heterocycles. The van der Waals surface area contributed by atoms with Crippen molar-refractivity contribution in [1.29, 1.82) is 0 Å². The highest BCUT2D eigenvalue weighted by molar-refractivity contribution is 7.18. The van der Waals surface area contributed by atoms with Gasteiger partial charge >= 0.3 is 0 Å². The van der Waals surface area contributed by atoms with E-state index >= 15 is 0 Å². The molecule has 4 heteroatoms. The van der Waals surface area contributed by atoms with Gasteiger partial charge in [0.2, 0.25) is 0 Å². The maximum atomic E-state index is 6.21. The molecule has 0 aliphatic rings. The number of halogens is 2. The van der Waals surface area contributed by atoms with Gasteiger partial charge in [-0.25, -0.2) is 0 Å². The van der Waals surface area contributed by atoms with Crippen molar-refractivity contribution in [3.63, 3.8) is 0 Å². The van der Waals surface area contributed by atoms with Gasteiger partial charge in [-0.3, -0.25) is 0 Å². The Kier molecular flexibility index (Phi) is 13.5. The van der Waals surface area contributed by atoms with Crippen LogP contribution in [-0.2, 0) is 0 Å². The molecule has 8 rings (SSSR count). The van der Waals surface area contributed by atoms with E-state index in [4.69, 9.17) is 23.2 Å². The predicted molar refractivity (Wildman–Crippen MR) is 229 cm³/mol. The minimum Gasteiger partial charge on any atom is -0.309 e. The Morgan fingerprint density at radius 2 is 0.961 bits per heavy atom. The summed E-state index contributed by atoms with van der Waals surface area (Å²) in [4.78, 5) is 2.54. The highest BCUT2D eigenvalue weighted by Gasteiger charge is 2.16. The molecule has 0 saturated carbocycles. The molecule has 51 heavy (non-hydrogen) atoms. The zero-order valence-electron chi connectivity index (χ0n) is 29.6. The summed E-state index contributed by atoms with van der Waals surface area (Å²) in [5, 5.41) is 3.21. The van der Waals surface area contributed by atoms with Gasteiger partial charge in [0, 0.05) is 37.1 Å². The number of fused-ring (bicyclic) bond motifs is 3. The Bertz CT molecular complexity index is 2300. The van der Waals surface area contributed by atoms with E-state index in [1.165, 1.54) is 59.4 Å². The molecule has 256 valence electrons. The van der Waals surface area contributed by atoms with Crippen molar-refractivity contribution in [3.05, 3.63) is 175 Å². The molecule has 0 radical (unpaired) electrons. The fourth-order valence-corrected chi connectivity index (χ4v) is 7.12. The Hall–Kier alpha value is -4.86. The number of thiophene rings is 1. The van der Waals surface area contributed by atoms with Gasteiger partial charge in [-0.05, 0) is 94.0 Å². The zero-order chi connectivity index (χ0) is 36.2. The molecule has 8 aromatic rings. The third-order valence-electron chi connectivity index (χ3n) is 8.21. The molecular formula is C47H43Cl2NS. The van der Waals surface area contributed by atoms with E-state index in [1.54, 1.807) is 6.08 Å². The third kappa shape index (κ3) is 8.55. The number of hydrogen-bond donors (Lipinski definition) is 0. The van der Waals surface area contributed by atoms with Gasteiger partial charge < -0.3 is 4.57 Å². The molecule has 0 aliphatic carbocycles. The number of alkyl halides is 1. The second-order valence-corrected chi connectivity index (χ2v) is 13.0. The monoisotopic (exact) mass is 723 g/mol. The molecule has 0 bridgehead atoms. The van der Waals surface area contributed by atoms with Gasteiger partial charge in [-0.1, -0.05) is 142 Å². The number of benzene rings is 6. The van der Waals surface area contributed by atoms with Crippen LogP contribution in [0.25, 0.3) is 70.6 Å². The van der Waals surface area contributed by atoms with Crippen molar-refractivity contribution in [2.45, 2.75) is 27.7 Å². The SMILES string of the molecule is C=CCCl.CC.CC.Clc1ccc(-c2ccc3c(c2)c2cc(-c4ccccc4)ccc2n3-c2cccc(-c3ccc(-c4ccccc4)s3)c2)cc1. The lowest BCUT2D eigenvalue weighted by Gasteiger charge is -2.10. The van der Waals surface area contributed by atoms with Gasteiger partial charge in [0.15, 0.2) is 0 Å². The average molecular weight is 725 g/mol. The quantitative estimate of drug-likeness (QED) is 0.119. The van der Waals surface area contributed by atoms with E-state index in [1.807, 2.05) is 51.2 Å². The molecule has 1 nitrogen and oxygen atoms in total. The van der Waals surface area contributed by atoms with Crippen LogP contribution in [0.5, 0.6) is 0 Å². The van der Waals surface area contributed by atoms with E-state index in [0.717, 1.165) is 16.3 Å². The Morgan fingerprint density at radius 3 is 1.49 bits per heavy atom. The molecule has 0 N–H and O–H groups in total. The second kappa shape index (κ2) is 18.4. The molecule has 0 saturated heterocycles. The summed E-state index contributed by atoms with van der Waals surface area (Å²) in [6.45, 7) is 11.3. The fraction of sp³-hybridized carbons (Fsp3) is 0.106. The number of aromatic nitrogens is 1. The second-order valence-electron chi connectivity index (χ2n) is 11.2. The smallest absolute Gasteiger partial charge is 0.0541 e. The summed E-state index contributed by atoms with van der Waals surface area (Å²) < 4.78 is 2.40. The van der Waals surface area contributed by atoms with Gasteiger partial charge in [-0.2, -0.15) is 0 Å². The summed E-state index contributed by atoms with van der Waals surface area (Å²) >= 11 is 13.1. The Labute approximate surface area is 317 Å². The number of allylic oxidation sites excluding steroid dienone is 1. The van der Waals surface area contributed by atoms with E-state index in [0.29, 0.717) is 5.88 Å². The number of rotatable bonds is 6. The Balaban J connectivity index is 0.000000583. The van der Waals surface area contributed by atoms with Crippen LogP contribution in [0, 0.1) is 0 Å². The minimum atomic E-state index is 0.556. The van der Waals surface area contributed by atoms with Gasteiger partial charge in [0.25, 0.3) is 0 Å². The minimum absolute atomic E-state index is 0.556. The molecule has 0 aliphatic heterocycles. The van der Waals surface area contributed by atoms with Crippen LogP contribution in [0.15, 0.2) is 170 Å². The summed E-state index contributed by atoms with van der Waals surface area (Å²) in [6.07, 6.45) is 1.64. The summed E-state index contributed by atoms with van der Waals surface area (Å²) in [7, 11) is 0. The van der Waals surface area contributed by atoms with Crippen LogP contribution in [0.1, 0.15) is 27.7 Å². The normalized spacial score (nSPS) is 10.3. The summed E-state index contributed by atoms with van der Waals surface area (Å²) in [5.74, 6) is 0.556. The van der Waals surface area contributed by atoms with Crippen molar-refractivity contribution in [3.8, 4) is 48.8 Å². The highest BCUT2D eigenvalue weighted by atomic mass is 35.5. The summed E-state index contributed by atoms with van der Waals surface area (Å²) in [6, 6.07) is 56.3. The van der Waals surface area contributed by atoms with Crippen LogP contribution in [0.3, 0.4) is 0 Å². The maximum absolute atomic E-state index is 6.21. The van der Waals surface area contributed by atoms with Crippen molar-refractivity contribution >= 4 is 56.3 Å². The van der Waals surface area contributed by atoms with Crippen molar-refractivity contribution < 1.29 is 0 Å². The number of nitrogens with zero attached hydrogens (tertiary/aromatic N) is 1. The molecule has 6 aromatic carbocycles.